The normalized spacial score (nSPS) is 11.6. The fourth-order valence-corrected chi connectivity index (χ4v) is 1.67. The molecule has 3 nitrogen and oxygen atoms in total. The van der Waals surface area contributed by atoms with Gasteiger partial charge < -0.3 is 5.32 Å². The predicted octanol–water partition coefficient (Wildman–Crippen LogP) is 3.50. The molecule has 0 bridgehead atoms. The summed E-state index contributed by atoms with van der Waals surface area (Å²) in [6.45, 7) is 0. The smallest absolute Gasteiger partial charge is 0.329 e. The number of amides is 1. The maximum atomic E-state index is 12.7. The number of halogens is 3. The predicted molar refractivity (Wildman–Crippen MR) is 72.2 cm³/mol. The van der Waals surface area contributed by atoms with E-state index < -0.39 is 23.3 Å². The Hall–Kier alpha value is -2.63. The van der Waals surface area contributed by atoms with Crippen LogP contribution in [0.15, 0.2) is 54.9 Å². The highest BCUT2D eigenvalue weighted by Crippen LogP contribution is 2.29. The van der Waals surface area contributed by atoms with Crippen LogP contribution in [0.3, 0.4) is 0 Å². The van der Waals surface area contributed by atoms with Crippen molar-refractivity contribution >= 4 is 12.0 Å². The second-order valence-electron chi connectivity index (χ2n) is 4.11. The molecule has 0 radical (unpaired) electrons. The standard InChI is InChI=1S/C15H11F3N2O/c16-15(17,18)13-12(7-4-9-19-13)14(21)20-10-8-11-5-2-1-3-6-11/h1-10H,(H,20,21). The van der Waals surface area contributed by atoms with Crippen molar-refractivity contribution in [3.8, 4) is 0 Å². The van der Waals surface area contributed by atoms with Crippen LogP contribution in [0.2, 0.25) is 0 Å². The van der Waals surface area contributed by atoms with Gasteiger partial charge in [-0.15, -0.1) is 0 Å². The third-order valence-corrected chi connectivity index (χ3v) is 2.61. The van der Waals surface area contributed by atoms with E-state index in [4.69, 9.17) is 0 Å². The van der Waals surface area contributed by atoms with Crippen molar-refractivity contribution in [3.63, 3.8) is 0 Å². The molecule has 0 saturated heterocycles. The van der Waals surface area contributed by atoms with Crippen molar-refractivity contribution < 1.29 is 18.0 Å². The van der Waals surface area contributed by atoms with E-state index in [9.17, 15) is 18.0 Å². The average molecular weight is 292 g/mol. The Balaban J connectivity index is 2.13. The van der Waals surface area contributed by atoms with Gasteiger partial charge in [-0.3, -0.25) is 9.78 Å². The molecule has 6 heteroatoms. The first-order valence-corrected chi connectivity index (χ1v) is 6.03. The van der Waals surface area contributed by atoms with E-state index >= 15 is 0 Å². The lowest BCUT2D eigenvalue weighted by molar-refractivity contribution is -0.141. The molecule has 108 valence electrons. The van der Waals surface area contributed by atoms with Crippen molar-refractivity contribution in [1.82, 2.24) is 10.3 Å². The van der Waals surface area contributed by atoms with Crippen LogP contribution in [-0.2, 0) is 6.18 Å². The largest absolute Gasteiger partial charge is 0.434 e. The van der Waals surface area contributed by atoms with Crippen molar-refractivity contribution in [3.05, 3.63) is 71.7 Å². The number of carbonyl (C=O) groups excluding carboxylic acids is 1. The Morgan fingerprint density at radius 1 is 1.10 bits per heavy atom. The molecule has 1 N–H and O–H groups in total. The number of nitrogens with zero attached hydrogens (tertiary/aromatic N) is 1. The molecule has 1 aromatic carbocycles. The summed E-state index contributed by atoms with van der Waals surface area (Å²) in [6, 6.07) is 11.4. The van der Waals surface area contributed by atoms with Crippen molar-refractivity contribution in [2.45, 2.75) is 6.18 Å². The number of hydrogen-bond acceptors (Lipinski definition) is 2. The first-order valence-electron chi connectivity index (χ1n) is 6.03. The minimum Gasteiger partial charge on any atom is -0.329 e. The van der Waals surface area contributed by atoms with Crippen molar-refractivity contribution in [2.75, 3.05) is 0 Å². The topological polar surface area (TPSA) is 42.0 Å². The van der Waals surface area contributed by atoms with Gasteiger partial charge >= 0.3 is 6.18 Å². The first-order chi connectivity index (χ1) is 9.98. The quantitative estimate of drug-likeness (QED) is 0.940. The van der Waals surface area contributed by atoms with Gasteiger partial charge in [0.2, 0.25) is 0 Å². The maximum Gasteiger partial charge on any atom is 0.434 e. The number of alkyl halides is 3. The lowest BCUT2D eigenvalue weighted by atomic mass is 10.1. The van der Waals surface area contributed by atoms with Gasteiger partial charge in [0, 0.05) is 12.4 Å². The van der Waals surface area contributed by atoms with Gasteiger partial charge in [-0.2, -0.15) is 13.2 Å². The second kappa shape index (κ2) is 6.21. The third-order valence-electron chi connectivity index (χ3n) is 2.61. The Kier molecular flexibility index (Phi) is 4.37. The summed E-state index contributed by atoms with van der Waals surface area (Å²) in [5.41, 5.74) is -0.890. The zero-order valence-corrected chi connectivity index (χ0v) is 10.8. The molecular weight excluding hydrogens is 281 g/mol. The molecule has 0 aliphatic heterocycles. The fraction of sp³-hybridized carbons (Fsp3) is 0.0667. The number of aromatic nitrogens is 1. The maximum absolute atomic E-state index is 12.7. The zero-order chi connectivity index (χ0) is 15.3. The van der Waals surface area contributed by atoms with Gasteiger partial charge in [0.05, 0.1) is 5.56 Å². The van der Waals surface area contributed by atoms with Crippen LogP contribution in [0.5, 0.6) is 0 Å². The molecular formula is C15H11F3N2O. The van der Waals surface area contributed by atoms with E-state index in [-0.39, 0.29) is 0 Å². The molecule has 0 atom stereocenters. The zero-order valence-electron chi connectivity index (χ0n) is 10.8. The first kappa shape index (κ1) is 14.8. The molecule has 0 unspecified atom stereocenters. The Morgan fingerprint density at radius 3 is 2.48 bits per heavy atom. The van der Waals surface area contributed by atoms with E-state index in [1.807, 2.05) is 18.2 Å². The molecule has 0 saturated carbocycles. The third kappa shape index (κ3) is 3.92. The summed E-state index contributed by atoms with van der Waals surface area (Å²) in [6.07, 6.45) is -0.789. The number of pyridine rings is 1. The summed E-state index contributed by atoms with van der Waals surface area (Å²) in [5.74, 6) is -0.859. The summed E-state index contributed by atoms with van der Waals surface area (Å²) in [5, 5.41) is 2.30. The van der Waals surface area contributed by atoms with Gasteiger partial charge in [-0.05, 0) is 23.8 Å². The second-order valence-corrected chi connectivity index (χ2v) is 4.11. The number of rotatable bonds is 3. The molecule has 0 fully saturated rings. The monoisotopic (exact) mass is 292 g/mol. The molecule has 1 amide bonds. The highest BCUT2D eigenvalue weighted by Gasteiger charge is 2.36. The Labute approximate surface area is 119 Å². The number of benzene rings is 1. The van der Waals surface area contributed by atoms with Gasteiger partial charge in [0.1, 0.15) is 0 Å². The molecule has 1 aromatic heterocycles. The van der Waals surface area contributed by atoms with E-state index in [1.165, 1.54) is 12.3 Å². The van der Waals surface area contributed by atoms with E-state index in [0.717, 1.165) is 17.8 Å². The van der Waals surface area contributed by atoms with Gasteiger partial charge in [-0.25, -0.2) is 0 Å². The summed E-state index contributed by atoms with van der Waals surface area (Å²) >= 11 is 0. The molecule has 0 aliphatic rings. The number of hydrogen-bond donors (Lipinski definition) is 1. The number of carbonyl (C=O) groups is 1. The molecule has 0 spiro atoms. The van der Waals surface area contributed by atoms with Crippen LogP contribution in [0.25, 0.3) is 6.08 Å². The van der Waals surface area contributed by atoms with Gasteiger partial charge in [-0.1, -0.05) is 30.3 Å². The van der Waals surface area contributed by atoms with Crippen molar-refractivity contribution in [1.29, 1.82) is 0 Å². The van der Waals surface area contributed by atoms with E-state index in [1.54, 1.807) is 18.2 Å². The van der Waals surface area contributed by atoms with Crippen LogP contribution < -0.4 is 5.32 Å². The minimum atomic E-state index is -4.67. The lowest BCUT2D eigenvalue weighted by Gasteiger charge is -2.09. The number of nitrogens with one attached hydrogen (secondary N) is 1. The Bertz CT molecular complexity index is 651. The summed E-state index contributed by atoms with van der Waals surface area (Å²) in [4.78, 5) is 15.0. The Morgan fingerprint density at radius 2 is 1.81 bits per heavy atom. The summed E-state index contributed by atoms with van der Waals surface area (Å²) in [7, 11) is 0. The summed E-state index contributed by atoms with van der Waals surface area (Å²) < 4.78 is 38.2. The molecule has 1 heterocycles. The van der Waals surface area contributed by atoms with Gasteiger partial charge in [0.25, 0.3) is 5.91 Å². The van der Waals surface area contributed by atoms with Crippen molar-refractivity contribution in [2.24, 2.45) is 0 Å². The van der Waals surface area contributed by atoms with Crippen LogP contribution in [0.1, 0.15) is 21.6 Å². The van der Waals surface area contributed by atoms with Crippen LogP contribution >= 0.6 is 0 Å². The van der Waals surface area contributed by atoms with E-state index in [2.05, 4.69) is 10.3 Å². The SMILES string of the molecule is O=C(NC=Cc1ccccc1)c1cccnc1C(F)(F)F. The molecule has 21 heavy (non-hydrogen) atoms. The highest BCUT2D eigenvalue weighted by molar-refractivity contribution is 5.96. The van der Waals surface area contributed by atoms with Crippen LogP contribution in [-0.4, -0.2) is 10.9 Å². The fourth-order valence-electron chi connectivity index (χ4n) is 1.67. The van der Waals surface area contributed by atoms with Crippen LogP contribution in [0.4, 0.5) is 13.2 Å². The average Bonchev–Trinajstić information content (AvgIpc) is 2.47. The van der Waals surface area contributed by atoms with Gasteiger partial charge in [0.15, 0.2) is 5.69 Å². The molecule has 2 aromatic rings. The molecule has 0 aliphatic carbocycles. The lowest BCUT2D eigenvalue weighted by Crippen LogP contribution is -2.22. The molecule has 2 rings (SSSR count). The minimum absolute atomic E-state index is 0.511. The van der Waals surface area contributed by atoms with Crippen LogP contribution in [0, 0.1) is 0 Å². The highest BCUT2D eigenvalue weighted by atomic mass is 19.4. The van der Waals surface area contributed by atoms with E-state index in [0.29, 0.717) is 0 Å².